The van der Waals surface area contributed by atoms with Crippen LogP contribution in [0, 0.1) is 13.8 Å². The van der Waals surface area contributed by atoms with Gasteiger partial charge >= 0.3 is 0 Å². The van der Waals surface area contributed by atoms with Gasteiger partial charge in [0.2, 0.25) is 0 Å². The number of anilines is 1. The van der Waals surface area contributed by atoms with Gasteiger partial charge in [0.15, 0.2) is 5.65 Å². The highest BCUT2D eigenvalue weighted by Crippen LogP contribution is 2.29. The highest BCUT2D eigenvalue weighted by molar-refractivity contribution is 5.86. The second kappa shape index (κ2) is 5.85. The molecule has 4 heterocycles. The van der Waals surface area contributed by atoms with E-state index in [0.717, 1.165) is 48.0 Å². The third-order valence-corrected chi connectivity index (χ3v) is 4.75. The van der Waals surface area contributed by atoms with E-state index in [1.165, 1.54) is 12.8 Å². The molecule has 0 amide bonds. The first-order chi connectivity index (χ1) is 11.6. The van der Waals surface area contributed by atoms with Gasteiger partial charge in [-0.15, -0.1) is 0 Å². The summed E-state index contributed by atoms with van der Waals surface area (Å²) in [7, 11) is 1.91. The molecule has 0 aromatic carbocycles. The average molecular weight is 326 g/mol. The van der Waals surface area contributed by atoms with Crippen molar-refractivity contribution in [3.8, 4) is 0 Å². The van der Waals surface area contributed by atoms with Crippen LogP contribution in [0.15, 0.2) is 12.5 Å². The first-order valence-corrected chi connectivity index (χ1v) is 8.41. The first-order valence-electron chi connectivity index (χ1n) is 8.41. The zero-order valence-corrected chi connectivity index (χ0v) is 14.3. The maximum atomic E-state index is 4.58. The minimum absolute atomic E-state index is 0.358. The molecule has 8 nitrogen and oxygen atoms in total. The molecular formula is C16H22N8. The van der Waals surface area contributed by atoms with Gasteiger partial charge in [0, 0.05) is 13.6 Å². The zero-order chi connectivity index (χ0) is 16.7. The average Bonchev–Trinajstić information content (AvgIpc) is 3.11. The quantitative estimate of drug-likeness (QED) is 0.728. The molecule has 1 aliphatic heterocycles. The van der Waals surface area contributed by atoms with E-state index in [1.807, 2.05) is 31.8 Å². The Bertz CT molecular complexity index is 864. The summed E-state index contributed by atoms with van der Waals surface area (Å²) in [5, 5.41) is 9.88. The molecule has 1 unspecified atom stereocenters. The zero-order valence-electron chi connectivity index (χ0n) is 14.3. The summed E-state index contributed by atoms with van der Waals surface area (Å²) in [4.78, 5) is 15.8. The third kappa shape index (κ3) is 2.51. The van der Waals surface area contributed by atoms with Crippen LogP contribution in [-0.4, -0.2) is 47.1 Å². The van der Waals surface area contributed by atoms with Gasteiger partial charge < -0.3 is 4.90 Å². The summed E-state index contributed by atoms with van der Waals surface area (Å²) in [5.41, 5.74) is 0.872. The van der Waals surface area contributed by atoms with Gasteiger partial charge in [-0.1, -0.05) is 0 Å². The van der Waals surface area contributed by atoms with Crippen molar-refractivity contribution in [1.82, 2.24) is 34.5 Å². The van der Waals surface area contributed by atoms with E-state index in [4.69, 9.17) is 0 Å². The van der Waals surface area contributed by atoms with Crippen molar-refractivity contribution < 1.29 is 0 Å². The number of aromatic nitrogens is 7. The van der Waals surface area contributed by atoms with Crippen LogP contribution in [0.5, 0.6) is 0 Å². The fourth-order valence-corrected chi connectivity index (χ4v) is 3.58. The largest absolute Gasteiger partial charge is 0.351 e. The molecule has 0 aliphatic carbocycles. The molecule has 0 spiro atoms. The molecule has 24 heavy (non-hydrogen) atoms. The van der Waals surface area contributed by atoms with Crippen molar-refractivity contribution >= 4 is 16.9 Å². The molecule has 4 rings (SSSR count). The lowest BCUT2D eigenvalue weighted by atomic mass is 10.0. The van der Waals surface area contributed by atoms with Crippen molar-refractivity contribution in [2.75, 3.05) is 11.4 Å². The molecule has 1 atom stereocenters. The third-order valence-electron chi connectivity index (χ3n) is 4.75. The summed E-state index contributed by atoms with van der Waals surface area (Å²) in [6.45, 7) is 5.78. The van der Waals surface area contributed by atoms with Crippen LogP contribution in [0.2, 0.25) is 0 Å². The molecule has 1 saturated heterocycles. The van der Waals surface area contributed by atoms with Crippen molar-refractivity contribution in [1.29, 1.82) is 0 Å². The Kier molecular flexibility index (Phi) is 3.66. The van der Waals surface area contributed by atoms with Crippen molar-refractivity contribution in [3.63, 3.8) is 0 Å². The standard InChI is InChI=1S/C16H22N8/c1-11-20-12(2)24(21-11)9-13-6-4-5-7-23(13)16-14-8-19-22(3)15(14)17-10-18-16/h8,10,13H,4-7,9H2,1-3H3. The molecule has 1 aliphatic rings. The van der Waals surface area contributed by atoms with Gasteiger partial charge in [0.1, 0.15) is 23.8 Å². The lowest BCUT2D eigenvalue weighted by Crippen LogP contribution is -2.43. The van der Waals surface area contributed by atoms with Gasteiger partial charge in [0.05, 0.1) is 24.2 Å². The Morgan fingerprint density at radius 3 is 2.88 bits per heavy atom. The lowest BCUT2D eigenvalue weighted by molar-refractivity contribution is 0.392. The van der Waals surface area contributed by atoms with Crippen molar-refractivity contribution in [2.24, 2.45) is 7.05 Å². The Morgan fingerprint density at radius 2 is 2.08 bits per heavy atom. The summed E-state index contributed by atoms with van der Waals surface area (Å²) in [6.07, 6.45) is 7.04. The number of nitrogens with zero attached hydrogens (tertiary/aromatic N) is 8. The second-order valence-electron chi connectivity index (χ2n) is 6.43. The predicted octanol–water partition coefficient (Wildman–Crippen LogP) is 1.63. The Hall–Kier alpha value is -2.51. The van der Waals surface area contributed by atoms with E-state index in [-0.39, 0.29) is 0 Å². The summed E-state index contributed by atoms with van der Waals surface area (Å²) in [6, 6.07) is 0.358. The van der Waals surface area contributed by atoms with E-state index in [1.54, 1.807) is 11.0 Å². The van der Waals surface area contributed by atoms with Crippen LogP contribution in [0.4, 0.5) is 5.82 Å². The Labute approximate surface area is 140 Å². The molecule has 126 valence electrons. The van der Waals surface area contributed by atoms with E-state index >= 15 is 0 Å². The fraction of sp³-hybridized carbons (Fsp3) is 0.562. The Morgan fingerprint density at radius 1 is 1.21 bits per heavy atom. The number of fused-ring (bicyclic) bond motifs is 1. The maximum Gasteiger partial charge on any atom is 0.163 e. The van der Waals surface area contributed by atoms with Gasteiger partial charge in [-0.3, -0.25) is 4.68 Å². The second-order valence-corrected chi connectivity index (χ2v) is 6.43. The fourth-order valence-electron chi connectivity index (χ4n) is 3.58. The van der Waals surface area contributed by atoms with Crippen LogP contribution in [0.1, 0.15) is 30.9 Å². The van der Waals surface area contributed by atoms with Crippen LogP contribution >= 0.6 is 0 Å². The number of hydrogen-bond acceptors (Lipinski definition) is 6. The molecule has 0 saturated carbocycles. The summed E-state index contributed by atoms with van der Waals surface area (Å²) in [5.74, 6) is 2.77. The lowest BCUT2D eigenvalue weighted by Gasteiger charge is -2.36. The minimum Gasteiger partial charge on any atom is -0.351 e. The monoisotopic (exact) mass is 326 g/mol. The molecule has 1 fully saturated rings. The Balaban J connectivity index is 1.70. The molecule has 0 radical (unpaired) electrons. The van der Waals surface area contributed by atoms with E-state index in [0.29, 0.717) is 6.04 Å². The number of rotatable bonds is 3. The van der Waals surface area contributed by atoms with Crippen LogP contribution in [0.25, 0.3) is 11.0 Å². The van der Waals surface area contributed by atoms with Crippen LogP contribution in [0.3, 0.4) is 0 Å². The summed E-state index contributed by atoms with van der Waals surface area (Å²) < 4.78 is 3.81. The van der Waals surface area contributed by atoms with E-state index in [9.17, 15) is 0 Å². The van der Waals surface area contributed by atoms with Gasteiger partial charge in [-0.2, -0.15) is 10.2 Å². The SMILES string of the molecule is Cc1nc(C)n(CC2CCCCN2c2ncnc3c2cnn3C)n1. The number of aryl methyl sites for hydroxylation is 3. The van der Waals surface area contributed by atoms with E-state index < -0.39 is 0 Å². The highest BCUT2D eigenvalue weighted by Gasteiger charge is 2.27. The molecule has 0 bridgehead atoms. The molecule has 8 heteroatoms. The first kappa shape index (κ1) is 15.0. The van der Waals surface area contributed by atoms with Gasteiger partial charge in [0.25, 0.3) is 0 Å². The number of hydrogen-bond donors (Lipinski definition) is 0. The summed E-state index contributed by atoms with van der Waals surface area (Å²) >= 11 is 0. The molecule has 3 aromatic heterocycles. The highest BCUT2D eigenvalue weighted by atomic mass is 15.4. The smallest absolute Gasteiger partial charge is 0.163 e. The van der Waals surface area contributed by atoms with Crippen LogP contribution < -0.4 is 4.90 Å². The van der Waals surface area contributed by atoms with Crippen molar-refractivity contribution in [3.05, 3.63) is 24.2 Å². The predicted molar refractivity (Wildman–Crippen MR) is 90.8 cm³/mol. The van der Waals surface area contributed by atoms with Crippen molar-refractivity contribution in [2.45, 2.75) is 45.7 Å². The maximum absolute atomic E-state index is 4.58. The molecular weight excluding hydrogens is 304 g/mol. The topological polar surface area (TPSA) is 77.5 Å². The molecule has 0 N–H and O–H groups in total. The number of piperidine rings is 1. The van der Waals surface area contributed by atoms with Gasteiger partial charge in [-0.05, 0) is 33.1 Å². The normalized spacial score (nSPS) is 18.5. The molecule has 3 aromatic rings. The van der Waals surface area contributed by atoms with Gasteiger partial charge in [-0.25, -0.2) is 19.6 Å². The van der Waals surface area contributed by atoms with E-state index in [2.05, 4.69) is 30.0 Å². The van der Waals surface area contributed by atoms with Crippen LogP contribution in [-0.2, 0) is 13.6 Å². The minimum atomic E-state index is 0.358.